The Morgan fingerprint density at radius 2 is 1.96 bits per heavy atom. The number of benzene rings is 2. The maximum atomic E-state index is 12.9. The summed E-state index contributed by atoms with van der Waals surface area (Å²) in [6.45, 7) is 1.61. The van der Waals surface area contributed by atoms with Crippen LogP contribution in [0, 0.1) is 10.1 Å². The van der Waals surface area contributed by atoms with Gasteiger partial charge in [0.1, 0.15) is 0 Å². The number of nitrogens with zero attached hydrogens (tertiary/aromatic N) is 3. The van der Waals surface area contributed by atoms with Crippen molar-refractivity contribution in [3.8, 4) is 0 Å². The number of nitrogen functional groups attached to an aromatic ring is 1. The zero-order valence-electron chi connectivity index (χ0n) is 14.8. The minimum atomic E-state index is -0.426. The van der Waals surface area contributed by atoms with Gasteiger partial charge in [0, 0.05) is 36.6 Å². The summed E-state index contributed by atoms with van der Waals surface area (Å²) in [5.41, 5.74) is 10.6. The van der Waals surface area contributed by atoms with E-state index >= 15 is 0 Å². The first kappa shape index (κ1) is 19.0. The minimum Gasteiger partial charge on any atom is -0.398 e. The maximum Gasteiger partial charge on any atom is 0.271 e. The first-order valence-corrected chi connectivity index (χ1v) is 8.74. The number of anilines is 3. The van der Waals surface area contributed by atoms with Crippen LogP contribution in [0.3, 0.4) is 0 Å². The summed E-state index contributed by atoms with van der Waals surface area (Å²) in [7, 11) is 0. The topological polar surface area (TPSA) is 92.7 Å². The number of amides is 1. The van der Waals surface area contributed by atoms with E-state index in [9.17, 15) is 14.9 Å². The number of non-ortho nitro benzene ring substituents is 1. The van der Waals surface area contributed by atoms with Crippen LogP contribution in [0.15, 0.2) is 36.4 Å². The van der Waals surface area contributed by atoms with Gasteiger partial charge in [-0.25, -0.2) is 0 Å². The van der Waals surface area contributed by atoms with Crippen LogP contribution in [0.1, 0.15) is 17.5 Å². The lowest BCUT2D eigenvalue weighted by Crippen LogP contribution is -2.41. The second kappa shape index (κ2) is 7.44. The molecule has 8 heteroatoms. The molecule has 2 aromatic rings. The molecular weight excluding hydrogens is 368 g/mol. The lowest BCUT2D eigenvalue weighted by molar-refractivity contribution is -0.384. The first-order chi connectivity index (χ1) is 12.5. The fourth-order valence-electron chi connectivity index (χ4n) is 3.88. The van der Waals surface area contributed by atoms with Crippen molar-refractivity contribution in [2.75, 3.05) is 35.2 Å². The Morgan fingerprint density at radius 1 is 1.15 bits per heavy atom. The highest BCUT2D eigenvalue weighted by Crippen LogP contribution is 2.34. The molecule has 2 aromatic carbocycles. The van der Waals surface area contributed by atoms with Crippen LogP contribution in [0.2, 0.25) is 0 Å². The van der Waals surface area contributed by atoms with Crippen molar-refractivity contribution >= 4 is 41.1 Å². The summed E-state index contributed by atoms with van der Waals surface area (Å²) < 4.78 is 0. The zero-order valence-corrected chi connectivity index (χ0v) is 15.6. The number of nitro groups is 1. The second-order valence-electron chi connectivity index (χ2n) is 6.74. The molecule has 0 unspecified atom stereocenters. The number of carbonyl (C=O) groups is 1. The Bertz CT molecular complexity index is 903. The third-order valence-electron chi connectivity index (χ3n) is 5.19. The molecule has 0 atom stereocenters. The number of nitrogens with two attached hydrogens (primary N) is 1. The van der Waals surface area contributed by atoms with Gasteiger partial charge in [-0.15, -0.1) is 12.4 Å². The summed E-state index contributed by atoms with van der Waals surface area (Å²) in [6, 6.07) is 10.5. The molecule has 2 N–H and O–H groups in total. The van der Waals surface area contributed by atoms with Gasteiger partial charge >= 0.3 is 0 Å². The van der Waals surface area contributed by atoms with E-state index in [0.717, 1.165) is 48.3 Å². The van der Waals surface area contributed by atoms with Crippen molar-refractivity contribution in [3.05, 3.63) is 57.6 Å². The summed E-state index contributed by atoms with van der Waals surface area (Å²) in [5, 5.41) is 11.0. The quantitative estimate of drug-likeness (QED) is 0.495. The highest BCUT2D eigenvalue weighted by atomic mass is 35.5. The molecule has 0 saturated heterocycles. The van der Waals surface area contributed by atoms with E-state index in [1.54, 1.807) is 11.0 Å². The fraction of sp³-hybridized carbons (Fsp3) is 0.316. The minimum absolute atomic E-state index is 0. The third kappa shape index (κ3) is 3.42. The summed E-state index contributed by atoms with van der Waals surface area (Å²) in [4.78, 5) is 27.3. The molecule has 0 bridgehead atoms. The van der Waals surface area contributed by atoms with Gasteiger partial charge in [-0.1, -0.05) is 12.1 Å². The SMILES string of the molecule is Cl.Nc1cccc2c1CCCN2CC(=O)N1CCc2ccc([N+](=O)[O-])cc21. The van der Waals surface area contributed by atoms with Gasteiger partial charge in [0.15, 0.2) is 0 Å². The molecule has 142 valence electrons. The predicted octanol–water partition coefficient (Wildman–Crippen LogP) is 2.94. The number of hydrogen-bond donors (Lipinski definition) is 1. The maximum absolute atomic E-state index is 12.9. The van der Waals surface area contributed by atoms with Crippen LogP contribution in [-0.2, 0) is 17.6 Å². The average molecular weight is 389 g/mol. The summed E-state index contributed by atoms with van der Waals surface area (Å²) in [5.74, 6) is -0.0421. The Labute approximate surface area is 163 Å². The van der Waals surface area contributed by atoms with Crippen molar-refractivity contribution < 1.29 is 9.72 Å². The van der Waals surface area contributed by atoms with Crippen LogP contribution < -0.4 is 15.5 Å². The Hall–Kier alpha value is -2.80. The van der Waals surface area contributed by atoms with Crippen molar-refractivity contribution in [2.45, 2.75) is 19.3 Å². The molecule has 0 fully saturated rings. The molecule has 0 spiro atoms. The third-order valence-corrected chi connectivity index (χ3v) is 5.19. The van der Waals surface area contributed by atoms with E-state index < -0.39 is 4.92 Å². The zero-order chi connectivity index (χ0) is 18.3. The second-order valence-corrected chi connectivity index (χ2v) is 6.74. The van der Waals surface area contributed by atoms with Gasteiger partial charge in [0.25, 0.3) is 5.69 Å². The van der Waals surface area contributed by atoms with Gasteiger partial charge in [0.05, 0.1) is 17.2 Å². The number of carbonyl (C=O) groups excluding carboxylic acids is 1. The van der Waals surface area contributed by atoms with E-state index in [1.165, 1.54) is 12.1 Å². The summed E-state index contributed by atoms with van der Waals surface area (Å²) >= 11 is 0. The van der Waals surface area contributed by atoms with Gasteiger partial charge in [0.2, 0.25) is 5.91 Å². The molecule has 4 rings (SSSR count). The molecule has 1 amide bonds. The van der Waals surface area contributed by atoms with E-state index in [4.69, 9.17) is 5.73 Å². The molecule has 0 saturated carbocycles. The normalized spacial score (nSPS) is 15.0. The molecule has 2 heterocycles. The lowest BCUT2D eigenvalue weighted by atomic mass is 10.00. The Balaban J connectivity index is 0.00000210. The number of nitro benzene ring substituents is 1. The fourth-order valence-corrected chi connectivity index (χ4v) is 3.88. The first-order valence-electron chi connectivity index (χ1n) is 8.74. The molecular formula is C19H21ClN4O3. The van der Waals surface area contributed by atoms with Crippen molar-refractivity contribution in [2.24, 2.45) is 0 Å². The monoisotopic (exact) mass is 388 g/mol. The van der Waals surface area contributed by atoms with Crippen LogP contribution >= 0.6 is 12.4 Å². The molecule has 0 aliphatic carbocycles. The molecule has 7 nitrogen and oxygen atoms in total. The van der Waals surface area contributed by atoms with Crippen molar-refractivity contribution in [1.82, 2.24) is 0 Å². The van der Waals surface area contributed by atoms with Crippen LogP contribution in [0.5, 0.6) is 0 Å². The van der Waals surface area contributed by atoms with Crippen LogP contribution in [0.4, 0.5) is 22.7 Å². The largest absolute Gasteiger partial charge is 0.398 e. The number of halogens is 1. The van der Waals surface area contributed by atoms with E-state index in [1.807, 2.05) is 18.2 Å². The highest BCUT2D eigenvalue weighted by molar-refractivity contribution is 5.98. The van der Waals surface area contributed by atoms with Crippen LogP contribution in [0.25, 0.3) is 0 Å². The average Bonchev–Trinajstić information content (AvgIpc) is 3.06. The standard InChI is InChI=1S/C19H20N4O3.ClH/c20-16-4-1-5-17-15(16)3-2-9-21(17)12-19(24)22-10-8-13-6-7-14(23(25)26)11-18(13)22;/h1,4-7,11H,2-3,8-10,12,20H2;1H. The summed E-state index contributed by atoms with van der Waals surface area (Å²) in [6.07, 6.45) is 2.60. The molecule has 0 radical (unpaired) electrons. The van der Waals surface area contributed by atoms with E-state index in [-0.39, 0.29) is 30.5 Å². The smallest absolute Gasteiger partial charge is 0.271 e. The van der Waals surface area contributed by atoms with Crippen molar-refractivity contribution in [3.63, 3.8) is 0 Å². The molecule has 27 heavy (non-hydrogen) atoms. The van der Waals surface area contributed by atoms with Gasteiger partial charge in [-0.3, -0.25) is 14.9 Å². The Morgan fingerprint density at radius 3 is 2.74 bits per heavy atom. The van der Waals surface area contributed by atoms with E-state index in [0.29, 0.717) is 12.2 Å². The van der Waals surface area contributed by atoms with Gasteiger partial charge in [-0.2, -0.15) is 0 Å². The van der Waals surface area contributed by atoms with E-state index in [2.05, 4.69) is 4.90 Å². The van der Waals surface area contributed by atoms with Crippen LogP contribution in [-0.4, -0.2) is 30.5 Å². The Kier molecular flexibility index (Phi) is 5.23. The number of hydrogen-bond acceptors (Lipinski definition) is 5. The molecule has 2 aliphatic heterocycles. The predicted molar refractivity (Wildman–Crippen MR) is 108 cm³/mol. The highest BCUT2D eigenvalue weighted by Gasteiger charge is 2.29. The van der Waals surface area contributed by atoms with Gasteiger partial charge in [-0.05, 0) is 42.5 Å². The lowest BCUT2D eigenvalue weighted by Gasteiger charge is -2.32. The molecule has 0 aromatic heterocycles. The van der Waals surface area contributed by atoms with Crippen molar-refractivity contribution in [1.29, 1.82) is 0 Å². The molecule has 2 aliphatic rings. The number of rotatable bonds is 3. The number of fused-ring (bicyclic) bond motifs is 2. The van der Waals surface area contributed by atoms with Gasteiger partial charge < -0.3 is 15.5 Å².